The van der Waals surface area contributed by atoms with Crippen LogP contribution in [0, 0.1) is 11.8 Å². The second kappa shape index (κ2) is 8.22. The van der Waals surface area contributed by atoms with E-state index in [1.165, 1.54) is 0 Å². The Kier molecular flexibility index (Phi) is 7.78. The molecule has 0 aromatic rings. The van der Waals surface area contributed by atoms with E-state index in [-0.39, 0.29) is 5.92 Å². The number of rotatable bonds is 7. The summed E-state index contributed by atoms with van der Waals surface area (Å²) in [5.74, 6) is 0.194. The molecule has 0 spiro atoms. The average molecular weight is 262 g/mol. The molecule has 0 rings (SSSR count). The topological polar surface area (TPSA) is 78.4 Å². The van der Waals surface area contributed by atoms with Gasteiger partial charge in [0.15, 0.2) is 0 Å². The highest BCUT2D eigenvalue weighted by molar-refractivity contribution is 7.98. The number of carboxylic acid groups (broad SMARTS) is 1. The van der Waals surface area contributed by atoms with Gasteiger partial charge in [0.1, 0.15) is 6.04 Å². The highest BCUT2D eigenvalue weighted by atomic mass is 32.2. The number of hydrogen-bond donors (Lipinski definition) is 3. The van der Waals surface area contributed by atoms with Crippen LogP contribution in [0.25, 0.3) is 0 Å². The number of nitrogens with one attached hydrogen (secondary N) is 2. The van der Waals surface area contributed by atoms with Crippen molar-refractivity contribution in [2.75, 3.05) is 18.6 Å². The van der Waals surface area contributed by atoms with Gasteiger partial charge in [-0.1, -0.05) is 20.8 Å². The zero-order valence-electron chi connectivity index (χ0n) is 10.8. The minimum absolute atomic E-state index is 0.137. The summed E-state index contributed by atoms with van der Waals surface area (Å²) in [6.07, 6.45) is 2.01. The molecule has 5 nitrogen and oxygen atoms in total. The van der Waals surface area contributed by atoms with Gasteiger partial charge in [0.25, 0.3) is 0 Å². The molecule has 0 saturated heterocycles. The van der Waals surface area contributed by atoms with Crippen molar-refractivity contribution in [2.45, 2.75) is 26.8 Å². The fraction of sp³-hybridized carbons (Fsp3) is 0.818. The minimum atomic E-state index is -1.01. The van der Waals surface area contributed by atoms with E-state index in [9.17, 15) is 9.59 Å². The molecule has 0 aliphatic heterocycles. The number of thioether (sulfide) groups is 1. The maximum Gasteiger partial charge on any atom is 0.326 e. The van der Waals surface area contributed by atoms with E-state index in [2.05, 4.69) is 10.6 Å². The summed E-state index contributed by atoms with van der Waals surface area (Å²) in [4.78, 5) is 22.3. The Labute approximate surface area is 107 Å². The summed E-state index contributed by atoms with van der Waals surface area (Å²) < 4.78 is 0. The first kappa shape index (κ1) is 16.1. The SMILES string of the molecule is CSCC(C)CNC(=O)N[C@@H](C(=O)O)C(C)C. The summed E-state index contributed by atoms with van der Waals surface area (Å²) in [6, 6.07) is -1.26. The van der Waals surface area contributed by atoms with Crippen LogP contribution in [0.3, 0.4) is 0 Å². The zero-order chi connectivity index (χ0) is 13.4. The van der Waals surface area contributed by atoms with E-state index in [1.807, 2.05) is 13.2 Å². The molecule has 2 atom stereocenters. The molecule has 0 radical (unpaired) electrons. The maximum absolute atomic E-state index is 11.5. The van der Waals surface area contributed by atoms with Crippen molar-refractivity contribution >= 4 is 23.8 Å². The van der Waals surface area contributed by atoms with Crippen LogP contribution < -0.4 is 10.6 Å². The Hall–Kier alpha value is -0.910. The predicted octanol–water partition coefficient (Wildman–Crippen LogP) is 1.39. The van der Waals surface area contributed by atoms with Crippen LogP contribution in [-0.4, -0.2) is 41.7 Å². The van der Waals surface area contributed by atoms with E-state index in [4.69, 9.17) is 5.11 Å². The molecule has 0 aliphatic carbocycles. The van der Waals surface area contributed by atoms with Crippen LogP contribution in [0.4, 0.5) is 4.79 Å². The van der Waals surface area contributed by atoms with Gasteiger partial charge in [-0.05, 0) is 23.8 Å². The lowest BCUT2D eigenvalue weighted by Crippen LogP contribution is -2.49. The van der Waals surface area contributed by atoms with Gasteiger partial charge in [0.2, 0.25) is 0 Å². The number of aliphatic carboxylic acids is 1. The molecule has 0 fully saturated rings. The second-order valence-electron chi connectivity index (χ2n) is 4.47. The van der Waals surface area contributed by atoms with Crippen LogP contribution in [0.2, 0.25) is 0 Å². The Morgan fingerprint density at radius 3 is 2.29 bits per heavy atom. The lowest BCUT2D eigenvalue weighted by Gasteiger charge is -2.19. The lowest BCUT2D eigenvalue weighted by molar-refractivity contribution is -0.140. The number of carboxylic acids is 1. The Balaban J connectivity index is 4.03. The van der Waals surface area contributed by atoms with Gasteiger partial charge in [-0.3, -0.25) is 0 Å². The number of carbonyl (C=O) groups excluding carboxylic acids is 1. The van der Waals surface area contributed by atoms with Crippen molar-refractivity contribution in [2.24, 2.45) is 11.8 Å². The molecule has 0 saturated carbocycles. The standard InChI is InChI=1S/C11H22N2O3S/c1-7(2)9(10(14)15)13-11(16)12-5-8(3)6-17-4/h7-9H,5-6H2,1-4H3,(H,14,15)(H2,12,13,16)/t8?,9-/m1/s1. The van der Waals surface area contributed by atoms with Gasteiger partial charge in [0.05, 0.1) is 0 Å². The lowest BCUT2D eigenvalue weighted by atomic mass is 10.1. The zero-order valence-corrected chi connectivity index (χ0v) is 11.6. The van der Waals surface area contributed by atoms with Gasteiger partial charge in [-0.2, -0.15) is 11.8 Å². The minimum Gasteiger partial charge on any atom is -0.480 e. The summed E-state index contributed by atoms with van der Waals surface area (Å²) in [5, 5.41) is 14.0. The molecule has 1 unspecified atom stereocenters. The fourth-order valence-corrected chi connectivity index (χ4v) is 2.00. The Morgan fingerprint density at radius 2 is 1.88 bits per heavy atom. The summed E-state index contributed by atoms with van der Waals surface area (Å²) >= 11 is 1.72. The second-order valence-corrected chi connectivity index (χ2v) is 5.39. The largest absolute Gasteiger partial charge is 0.480 e. The van der Waals surface area contributed by atoms with Crippen LogP contribution in [0.1, 0.15) is 20.8 Å². The number of amides is 2. The first-order valence-corrected chi connectivity index (χ1v) is 7.04. The molecule has 17 heavy (non-hydrogen) atoms. The summed E-state index contributed by atoms with van der Waals surface area (Å²) in [5.41, 5.74) is 0. The molecule has 6 heteroatoms. The molecule has 3 N–H and O–H groups in total. The third kappa shape index (κ3) is 7.10. The number of hydrogen-bond acceptors (Lipinski definition) is 3. The number of carbonyl (C=O) groups is 2. The van der Waals surface area contributed by atoms with Gasteiger partial charge >= 0.3 is 12.0 Å². The van der Waals surface area contributed by atoms with Crippen LogP contribution in [-0.2, 0) is 4.79 Å². The maximum atomic E-state index is 11.5. The summed E-state index contributed by atoms with van der Waals surface area (Å²) in [7, 11) is 0. The van der Waals surface area contributed by atoms with E-state index in [0.717, 1.165) is 5.75 Å². The molecular weight excluding hydrogens is 240 g/mol. The first-order valence-electron chi connectivity index (χ1n) is 5.64. The summed E-state index contributed by atoms with van der Waals surface area (Å²) in [6.45, 7) is 6.11. The molecule has 100 valence electrons. The molecule has 2 amide bonds. The van der Waals surface area contributed by atoms with Crippen molar-refractivity contribution in [3.63, 3.8) is 0 Å². The van der Waals surface area contributed by atoms with Crippen LogP contribution in [0.5, 0.6) is 0 Å². The smallest absolute Gasteiger partial charge is 0.326 e. The van der Waals surface area contributed by atoms with Crippen molar-refractivity contribution < 1.29 is 14.7 Å². The molecule has 0 aliphatic rings. The van der Waals surface area contributed by atoms with Crippen molar-refractivity contribution in [1.82, 2.24) is 10.6 Å². The van der Waals surface area contributed by atoms with E-state index >= 15 is 0 Å². The van der Waals surface area contributed by atoms with Crippen LogP contribution in [0.15, 0.2) is 0 Å². The van der Waals surface area contributed by atoms with Crippen molar-refractivity contribution in [3.8, 4) is 0 Å². The highest BCUT2D eigenvalue weighted by Gasteiger charge is 2.23. The quantitative estimate of drug-likeness (QED) is 0.648. The highest BCUT2D eigenvalue weighted by Crippen LogP contribution is 2.03. The van der Waals surface area contributed by atoms with E-state index < -0.39 is 18.0 Å². The third-order valence-corrected chi connectivity index (χ3v) is 3.18. The van der Waals surface area contributed by atoms with Gasteiger partial charge in [-0.15, -0.1) is 0 Å². The Morgan fingerprint density at radius 1 is 1.29 bits per heavy atom. The van der Waals surface area contributed by atoms with Crippen molar-refractivity contribution in [1.29, 1.82) is 0 Å². The first-order chi connectivity index (χ1) is 7.88. The average Bonchev–Trinajstić information content (AvgIpc) is 2.22. The van der Waals surface area contributed by atoms with Crippen molar-refractivity contribution in [3.05, 3.63) is 0 Å². The molecule has 0 bridgehead atoms. The number of urea groups is 1. The predicted molar refractivity (Wildman–Crippen MR) is 70.3 cm³/mol. The van der Waals surface area contributed by atoms with E-state index in [1.54, 1.807) is 25.6 Å². The van der Waals surface area contributed by atoms with Crippen LogP contribution >= 0.6 is 11.8 Å². The van der Waals surface area contributed by atoms with E-state index in [0.29, 0.717) is 12.5 Å². The third-order valence-electron chi connectivity index (χ3n) is 2.28. The normalized spacial score (nSPS) is 14.2. The fourth-order valence-electron chi connectivity index (χ4n) is 1.32. The van der Waals surface area contributed by atoms with Gasteiger partial charge in [-0.25, -0.2) is 9.59 Å². The monoisotopic (exact) mass is 262 g/mol. The molecular formula is C11H22N2O3S. The molecule has 0 heterocycles. The van der Waals surface area contributed by atoms with Gasteiger partial charge in [0, 0.05) is 6.54 Å². The van der Waals surface area contributed by atoms with Gasteiger partial charge < -0.3 is 15.7 Å². The molecule has 0 aromatic carbocycles. The molecule has 0 aromatic heterocycles. The Bertz CT molecular complexity index is 259.